The van der Waals surface area contributed by atoms with Gasteiger partial charge < -0.3 is 9.47 Å². The molecule has 0 aromatic rings. The summed E-state index contributed by atoms with van der Waals surface area (Å²) in [5.41, 5.74) is 0. The van der Waals surface area contributed by atoms with E-state index in [2.05, 4.69) is 0 Å². The quantitative estimate of drug-likeness (QED) is 0.603. The second kappa shape index (κ2) is 4.58. The average Bonchev–Trinajstić information content (AvgIpc) is 2.10. The van der Waals surface area contributed by atoms with Crippen molar-refractivity contribution in [3.63, 3.8) is 0 Å². The van der Waals surface area contributed by atoms with Gasteiger partial charge in [0.15, 0.2) is 6.29 Å². The molecule has 1 saturated carbocycles. The van der Waals surface area contributed by atoms with Gasteiger partial charge in [0.1, 0.15) is 5.78 Å². The maximum atomic E-state index is 10.9. The first-order chi connectivity index (χ1) is 5.77. The van der Waals surface area contributed by atoms with E-state index >= 15 is 0 Å². The number of hydrogen-bond donors (Lipinski definition) is 0. The number of hydrogen-bond acceptors (Lipinski definition) is 3. The third-order valence-electron chi connectivity index (χ3n) is 2.44. The fraction of sp³-hybridized carbons (Fsp3) is 0.889. The van der Waals surface area contributed by atoms with Crippen LogP contribution in [-0.4, -0.2) is 26.3 Å². The van der Waals surface area contributed by atoms with Crippen LogP contribution in [0.5, 0.6) is 0 Å². The van der Waals surface area contributed by atoms with E-state index in [4.69, 9.17) is 9.47 Å². The van der Waals surface area contributed by atoms with Gasteiger partial charge in [0, 0.05) is 33.0 Å². The van der Waals surface area contributed by atoms with Gasteiger partial charge in [-0.1, -0.05) is 0 Å². The van der Waals surface area contributed by atoms with E-state index in [9.17, 15) is 4.79 Å². The predicted molar refractivity (Wildman–Crippen MR) is 44.8 cm³/mol. The van der Waals surface area contributed by atoms with Gasteiger partial charge in [-0.25, -0.2) is 0 Å². The van der Waals surface area contributed by atoms with Crippen LogP contribution in [0.4, 0.5) is 0 Å². The molecule has 0 unspecified atom stereocenters. The molecule has 0 heterocycles. The van der Waals surface area contributed by atoms with E-state index in [-0.39, 0.29) is 6.29 Å². The Kier molecular flexibility index (Phi) is 3.69. The molecule has 0 atom stereocenters. The monoisotopic (exact) mass is 172 g/mol. The van der Waals surface area contributed by atoms with Crippen molar-refractivity contribution in [3.05, 3.63) is 0 Å². The zero-order chi connectivity index (χ0) is 8.97. The number of carbonyl (C=O) groups is 1. The van der Waals surface area contributed by atoms with Crippen molar-refractivity contribution < 1.29 is 14.3 Å². The first kappa shape index (κ1) is 9.68. The average molecular weight is 172 g/mol. The van der Waals surface area contributed by atoms with Crippen LogP contribution in [0.25, 0.3) is 0 Å². The highest BCUT2D eigenvalue weighted by Crippen LogP contribution is 2.26. The van der Waals surface area contributed by atoms with E-state index in [1.165, 1.54) is 0 Å². The van der Waals surface area contributed by atoms with Gasteiger partial charge >= 0.3 is 0 Å². The minimum atomic E-state index is -0.127. The van der Waals surface area contributed by atoms with E-state index in [0.717, 1.165) is 12.8 Å². The Labute approximate surface area is 73.0 Å². The van der Waals surface area contributed by atoms with Crippen LogP contribution >= 0.6 is 0 Å². The summed E-state index contributed by atoms with van der Waals surface area (Å²) < 4.78 is 10.3. The zero-order valence-electron chi connectivity index (χ0n) is 7.71. The molecule has 0 bridgehead atoms. The molecule has 1 aliphatic rings. The third-order valence-corrected chi connectivity index (χ3v) is 2.44. The molecule has 0 N–H and O–H groups in total. The number of carbonyl (C=O) groups excluding carboxylic acids is 1. The van der Waals surface area contributed by atoms with Gasteiger partial charge in [-0.3, -0.25) is 4.79 Å². The van der Waals surface area contributed by atoms with Crippen molar-refractivity contribution >= 4 is 5.78 Å². The predicted octanol–water partition coefficient (Wildman–Crippen LogP) is 1.36. The highest BCUT2D eigenvalue weighted by atomic mass is 16.7. The van der Waals surface area contributed by atoms with Crippen LogP contribution in [0.15, 0.2) is 0 Å². The van der Waals surface area contributed by atoms with Crippen molar-refractivity contribution in [3.8, 4) is 0 Å². The minimum absolute atomic E-state index is 0.127. The lowest BCUT2D eigenvalue weighted by atomic mass is 9.88. The van der Waals surface area contributed by atoms with Gasteiger partial charge in [-0.15, -0.1) is 0 Å². The van der Waals surface area contributed by atoms with Crippen LogP contribution in [0.1, 0.15) is 25.7 Å². The van der Waals surface area contributed by atoms with Gasteiger partial charge in [0.05, 0.1) is 0 Å². The fourth-order valence-electron chi connectivity index (χ4n) is 1.72. The van der Waals surface area contributed by atoms with Crippen LogP contribution in [0.3, 0.4) is 0 Å². The summed E-state index contributed by atoms with van der Waals surface area (Å²) in [6.45, 7) is 0. The summed E-state index contributed by atoms with van der Waals surface area (Å²) in [4.78, 5) is 10.9. The lowest BCUT2D eigenvalue weighted by molar-refractivity contribution is -0.148. The highest BCUT2D eigenvalue weighted by molar-refractivity contribution is 5.79. The van der Waals surface area contributed by atoms with E-state index in [1.54, 1.807) is 14.2 Å². The zero-order valence-corrected chi connectivity index (χ0v) is 7.71. The molecule has 0 spiro atoms. The Morgan fingerprint density at radius 1 is 1.25 bits per heavy atom. The summed E-state index contributed by atoms with van der Waals surface area (Å²) >= 11 is 0. The molecule has 1 aliphatic carbocycles. The Balaban J connectivity index is 2.37. The molecular weight excluding hydrogens is 156 g/mol. The van der Waals surface area contributed by atoms with Crippen LogP contribution < -0.4 is 0 Å². The SMILES string of the molecule is COC(OC)C1CCC(=O)CC1. The first-order valence-electron chi connectivity index (χ1n) is 4.35. The number of ether oxygens (including phenoxy) is 2. The Morgan fingerprint density at radius 3 is 2.17 bits per heavy atom. The molecule has 3 nitrogen and oxygen atoms in total. The second-order valence-corrected chi connectivity index (χ2v) is 3.22. The van der Waals surface area contributed by atoms with Crippen molar-refractivity contribution in [2.75, 3.05) is 14.2 Å². The summed E-state index contributed by atoms with van der Waals surface area (Å²) in [6, 6.07) is 0. The topological polar surface area (TPSA) is 35.5 Å². The van der Waals surface area contributed by atoms with Crippen LogP contribution in [0, 0.1) is 5.92 Å². The molecule has 0 saturated heterocycles. The van der Waals surface area contributed by atoms with E-state index < -0.39 is 0 Å². The smallest absolute Gasteiger partial charge is 0.159 e. The fourth-order valence-corrected chi connectivity index (χ4v) is 1.72. The molecule has 0 radical (unpaired) electrons. The molecule has 0 aliphatic heterocycles. The maximum absolute atomic E-state index is 10.9. The van der Waals surface area contributed by atoms with E-state index in [1.807, 2.05) is 0 Å². The number of rotatable bonds is 3. The van der Waals surface area contributed by atoms with Gasteiger partial charge in [0.25, 0.3) is 0 Å². The minimum Gasteiger partial charge on any atom is -0.356 e. The summed E-state index contributed by atoms with van der Waals surface area (Å²) in [7, 11) is 3.29. The Bertz CT molecular complexity index is 142. The molecule has 0 aromatic heterocycles. The standard InChI is InChI=1S/C9H16O3/c1-11-9(12-2)7-3-5-8(10)6-4-7/h7,9H,3-6H2,1-2H3. The molecule has 3 heteroatoms. The normalized spacial score (nSPS) is 20.4. The molecule has 1 rings (SSSR count). The highest BCUT2D eigenvalue weighted by Gasteiger charge is 2.25. The maximum Gasteiger partial charge on any atom is 0.159 e. The molecule has 0 aromatic carbocycles. The van der Waals surface area contributed by atoms with Crippen LogP contribution in [-0.2, 0) is 14.3 Å². The number of ketones is 1. The molecule has 0 amide bonds. The molecular formula is C9H16O3. The van der Waals surface area contributed by atoms with Gasteiger partial charge in [-0.2, -0.15) is 0 Å². The Morgan fingerprint density at radius 2 is 1.75 bits per heavy atom. The van der Waals surface area contributed by atoms with Crippen molar-refractivity contribution in [2.45, 2.75) is 32.0 Å². The van der Waals surface area contributed by atoms with E-state index in [0.29, 0.717) is 24.5 Å². The lowest BCUT2D eigenvalue weighted by Crippen LogP contribution is -2.28. The first-order valence-corrected chi connectivity index (χ1v) is 4.35. The Hall–Kier alpha value is -0.410. The van der Waals surface area contributed by atoms with Crippen LogP contribution in [0.2, 0.25) is 0 Å². The lowest BCUT2D eigenvalue weighted by Gasteiger charge is -2.27. The largest absolute Gasteiger partial charge is 0.356 e. The molecule has 70 valence electrons. The molecule has 1 fully saturated rings. The van der Waals surface area contributed by atoms with Crippen molar-refractivity contribution in [2.24, 2.45) is 5.92 Å². The summed E-state index contributed by atoms with van der Waals surface area (Å²) in [6.07, 6.45) is 3.07. The number of methoxy groups -OCH3 is 2. The second-order valence-electron chi connectivity index (χ2n) is 3.22. The summed E-state index contributed by atoms with van der Waals surface area (Å²) in [5, 5.41) is 0. The molecule has 12 heavy (non-hydrogen) atoms. The third kappa shape index (κ3) is 2.29. The van der Waals surface area contributed by atoms with Crippen molar-refractivity contribution in [1.29, 1.82) is 0 Å². The summed E-state index contributed by atoms with van der Waals surface area (Å²) in [5.74, 6) is 0.773. The van der Waals surface area contributed by atoms with Crippen molar-refractivity contribution in [1.82, 2.24) is 0 Å². The van der Waals surface area contributed by atoms with Gasteiger partial charge in [0.2, 0.25) is 0 Å². The van der Waals surface area contributed by atoms with Gasteiger partial charge in [-0.05, 0) is 12.8 Å². The number of Topliss-reactive ketones (excluding diaryl/α,β-unsaturated/α-hetero) is 1.